The summed E-state index contributed by atoms with van der Waals surface area (Å²) >= 11 is 0. The molecule has 0 radical (unpaired) electrons. The monoisotopic (exact) mass is 470 g/mol. The van der Waals surface area contributed by atoms with Gasteiger partial charge in [0.05, 0.1) is 0 Å². The van der Waals surface area contributed by atoms with Gasteiger partial charge in [-0.2, -0.15) is 0 Å². The van der Waals surface area contributed by atoms with Gasteiger partial charge in [0.15, 0.2) is 5.96 Å². The van der Waals surface area contributed by atoms with Crippen LogP contribution in [0.15, 0.2) is 29.4 Å². The average molecular weight is 470 g/mol. The van der Waals surface area contributed by atoms with Gasteiger partial charge in [-0.15, -0.1) is 24.0 Å². The van der Waals surface area contributed by atoms with Crippen LogP contribution in [0.3, 0.4) is 0 Å². The lowest BCUT2D eigenvalue weighted by atomic mass is 10.1. The van der Waals surface area contributed by atoms with Crippen molar-refractivity contribution < 1.29 is 4.74 Å². The van der Waals surface area contributed by atoms with Crippen molar-refractivity contribution in [2.24, 2.45) is 10.9 Å². The molecular weight excluding hydrogens is 439 g/mol. The molecule has 0 bridgehead atoms. The number of hydrogen-bond donors (Lipinski definition) is 3. The number of hydrogen-bond acceptors (Lipinski definition) is 2. The number of H-pyrrole nitrogens is 1. The van der Waals surface area contributed by atoms with Gasteiger partial charge < -0.3 is 20.4 Å². The quantitative estimate of drug-likeness (QED) is 0.227. The summed E-state index contributed by atoms with van der Waals surface area (Å²) in [5, 5.41) is 8.06. The molecule has 3 N–H and O–H groups in total. The maximum Gasteiger partial charge on any atom is 0.190 e. The van der Waals surface area contributed by atoms with Crippen molar-refractivity contribution in [3.05, 3.63) is 35.5 Å². The fourth-order valence-corrected chi connectivity index (χ4v) is 3.02. The van der Waals surface area contributed by atoms with Crippen LogP contribution in [0.5, 0.6) is 0 Å². The minimum absolute atomic E-state index is 0. The van der Waals surface area contributed by atoms with Gasteiger partial charge >= 0.3 is 0 Å². The normalized spacial score (nSPS) is 14.3. The lowest BCUT2D eigenvalue weighted by Crippen LogP contribution is -2.39. The topological polar surface area (TPSA) is 61.4 Å². The van der Waals surface area contributed by atoms with Gasteiger partial charge in [-0.1, -0.05) is 18.2 Å². The summed E-state index contributed by atoms with van der Waals surface area (Å²) in [7, 11) is 1.81. The van der Waals surface area contributed by atoms with Gasteiger partial charge in [0.1, 0.15) is 0 Å². The highest BCUT2D eigenvalue weighted by atomic mass is 127. The number of aryl methyl sites for hydroxylation is 1. The zero-order valence-corrected chi connectivity index (χ0v) is 18.1. The Kier molecular flexibility index (Phi) is 8.71. The van der Waals surface area contributed by atoms with Gasteiger partial charge in [0, 0.05) is 50.5 Å². The lowest BCUT2D eigenvalue weighted by molar-refractivity contribution is 0.123. The van der Waals surface area contributed by atoms with Crippen LogP contribution in [0.1, 0.15) is 30.4 Å². The Bertz CT molecular complexity index is 709. The zero-order valence-electron chi connectivity index (χ0n) is 15.8. The van der Waals surface area contributed by atoms with Crippen molar-refractivity contribution in [2.45, 2.75) is 32.6 Å². The Morgan fingerprint density at radius 3 is 2.85 bits per heavy atom. The van der Waals surface area contributed by atoms with E-state index in [1.165, 1.54) is 34.9 Å². The number of aliphatic imine (C=N–C) groups is 1. The Balaban J connectivity index is 0.00000243. The maximum atomic E-state index is 5.65. The number of para-hydroxylation sites is 1. The highest BCUT2D eigenvalue weighted by molar-refractivity contribution is 14.0. The minimum atomic E-state index is 0. The first-order valence-corrected chi connectivity index (χ1v) is 9.35. The Labute approximate surface area is 173 Å². The largest absolute Gasteiger partial charge is 0.381 e. The molecule has 1 aliphatic rings. The van der Waals surface area contributed by atoms with Gasteiger partial charge in [-0.3, -0.25) is 4.99 Å². The SMILES string of the molecule is CN=C(NCCCOCC1CC1)NCCc1c[nH]c2c(C)cccc12.I. The summed E-state index contributed by atoms with van der Waals surface area (Å²) in [4.78, 5) is 7.67. The van der Waals surface area contributed by atoms with Gasteiger partial charge in [-0.25, -0.2) is 0 Å². The second kappa shape index (κ2) is 10.8. The molecule has 1 aromatic carbocycles. The molecule has 0 unspecified atom stereocenters. The van der Waals surface area contributed by atoms with Crippen LogP contribution in [0, 0.1) is 12.8 Å². The fourth-order valence-electron chi connectivity index (χ4n) is 3.02. The van der Waals surface area contributed by atoms with E-state index < -0.39 is 0 Å². The first-order valence-electron chi connectivity index (χ1n) is 9.35. The molecular formula is C20H31IN4O. The molecule has 1 aromatic heterocycles. The number of fused-ring (bicyclic) bond motifs is 1. The summed E-state index contributed by atoms with van der Waals surface area (Å²) in [5.74, 6) is 1.70. The third-order valence-corrected chi connectivity index (χ3v) is 4.73. The molecule has 1 heterocycles. The van der Waals surface area contributed by atoms with Crippen LogP contribution >= 0.6 is 24.0 Å². The molecule has 0 spiro atoms. The summed E-state index contributed by atoms with van der Waals surface area (Å²) in [6.45, 7) is 5.66. The first-order chi connectivity index (χ1) is 12.3. The summed E-state index contributed by atoms with van der Waals surface area (Å²) in [6, 6.07) is 6.44. The molecule has 1 fully saturated rings. The number of ether oxygens (including phenoxy) is 1. The van der Waals surface area contributed by atoms with Crippen molar-refractivity contribution in [1.82, 2.24) is 15.6 Å². The molecule has 0 amide bonds. The van der Waals surface area contributed by atoms with Gasteiger partial charge in [0.2, 0.25) is 0 Å². The number of halogens is 1. The molecule has 26 heavy (non-hydrogen) atoms. The van der Waals surface area contributed by atoms with Crippen molar-refractivity contribution in [2.75, 3.05) is 33.4 Å². The van der Waals surface area contributed by atoms with Crippen molar-refractivity contribution in [3.63, 3.8) is 0 Å². The second-order valence-corrected chi connectivity index (χ2v) is 6.86. The maximum absolute atomic E-state index is 5.65. The minimum Gasteiger partial charge on any atom is -0.381 e. The number of rotatable bonds is 9. The van der Waals surface area contributed by atoms with Crippen LogP contribution in [0.2, 0.25) is 0 Å². The summed E-state index contributed by atoms with van der Waals surface area (Å²) in [5.41, 5.74) is 3.87. The van der Waals surface area contributed by atoms with E-state index in [1.54, 1.807) is 0 Å². The van der Waals surface area contributed by atoms with Crippen LogP contribution in [0.25, 0.3) is 10.9 Å². The number of aromatic amines is 1. The Morgan fingerprint density at radius 2 is 2.08 bits per heavy atom. The van der Waals surface area contributed by atoms with Gasteiger partial charge in [-0.05, 0) is 49.7 Å². The predicted molar refractivity (Wildman–Crippen MR) is 120 cm³/mol. The van der Waals surface area contributed by atoms with Crippen molar-refractivity contribution in [3.8, 4) is 0 Å². The Hall–Kier alpha value is -1.28. The second-order valence-electron chi connectivity index (χ2n) is 6.86. The van der Waals surface area contributed by atoms with E-state index in [4.69, 9.17) is 4.74 Å². The molecule has 6 heteroatoms. The molecule has 144 valence electrons. The third-order valence-electron chi connectivity index (χ3n) is 4.73. The van der Waals surface area contributed by atoms with Crippen molar-refractivity contribution >= 4 is 40.8 Å². The molecule has 2 aromatic rings. The number of nitrogens with zero attached hydrogens (tertiary/aromatic N) is 1. The standard InChI is InChI=1S/C20H30N4O.HI/c1-15-5-3-6-18-17(13-24-19(15)18)9-11-23-20(21-2)22-10-4-12-25-14-16-7-8-16;/h3,5-6,13,16,24H,4,7-12,14H2,1-2H3,(H2,21,22,23);1H. The Morgan fingerprint density at radius 1 is 1.27 bits per heavy atom. The highest BCUT2D eigenvalue weighted by Crippen LogP contribution is 2.28. The zero-order chi connectivity index (χ0) is 17.5. The predicted octanol–water partition coefficient (Wildman–Crippen LogP) is 3.62. The smallest absolute Gasteiger partial charge is 0.190 e. The molecule has 0 atom stereocenters. The number of aromatic nitrogens is 1. The van der Waals surface area contributed by atoms with Crippen LogP contribution < -0.4 is 10.6 Å². The lowest BCUT2D eigenvalue weighted by Gasteiger charge is -2.11. The molecule has 3 rings (SSSR count). The summed E-state index contributed by atoms with van der Waals surface area (Å²) in [6.07, 6.45) is 6.80. The molecule has 5 nitrogen and oxygen atoms in total. The van der Waals surface area contributed by atoms with E-state index in [1.807, 2.05) is 7.05 Å². The fraction of sp³-hybridized carbons (Fsp3) is 0.550. The van der Waals surface area contributed by atoms with E-state index in [0.717, 1.165) is 51.0 Å². The highest BCUT2D eigenvalue weighted by Gasteiger charge is 2.20. The number of benzene rings is 1. The summed E-state index contributed by atoms with van der Waals surface area (Å²) < 4.78 is 5.65. The van der Waals surface area contributed by atoms with Crippen LogP contribution in [-0.2, 0) is 11.2 Å². The number of guanidine groups is 1. The molecule has 0 saturated heterocycles. The average Bonchev–Trinajstić information content (AvgIpc) is 3.35. The molecule has 1 saturated carbocycles. The van der Waals surface area contributed by atoms with Crippen molar-refractivity contribution in [1.29, 1.82) is 0 Å². The number of nitrogens with one attached hydrogen (secondary N) is 3. The van der Waals surface area contributed by atoms with E-state index >= 15 is 0 Å². The molecule has 1 aliphatic carbocycles. The van der Waals surface area contributed by atoms with Gasteiger partial charge in [0.25, 0.3) is 0 Å². The van der Waals surface area contributed by atoms with E-state index in [0.29, 0.717) is 0 Å². The van der Waals surface area contributed by atoms with Crippen LogP contribution in [0.4, 0.5) is 0 Å². The van der Waals surface area contributed by atoms with Crippen LogP contribution in [-0.4, -0.2) is 44.3 Å². The third kappa shape index (κ3) is 6.16. The molecule has 0 aliphatic heterocycles. The first kappa shape index (κ1) is 21.0. The van der Waals surface area contributed by atoms with E-state index in [-0.39, 0.29) is 24.0 Å². The van der Waals surface area contributed by atoms with E-state index in [2.05, 4.69) is 51.9 Å². The van der Waals surface area contributed by atoms with E-state index in [9.17, 15) is 0 Å².